The highest BCUT2D eigenvalue weighted by Gasteiger charge is 2.25. The molecule has 4 rings (SSSR count). The molecule has 25 heavy (non-hydrogen) atoms. The monoisotopic (exact) mass is 342 g/mol. The van der Waals surface area contributed by atoms with E-state index in [9.17, 15) is 9.18 Å². The molecule has 0 spiro atoms. The Labute approximate surface area is 145 Å². The molecule has 0 N–H and O–H groups in total. The standard InChI is InChI=1S/C19H19FN2O3/c20-15-3-4-17-13(10-15)2-1-8-22(17)19(23)14-5-7-21-18(11-14)25-16-6-9-24-12-16/h3-5,7,10-11,16H,1-2,6,8-9,12H2. The van der Waals surface area contributed by atoms with Crippen molar-refractivity contribution in [3.05, 3.63) is 53.5 Å². The average molecular weight is 342 g/mol. The Morgan fingerprint density at radius 3 is 3.08 bits per heavy atom. The molecule has 0 aliphatic carbocycles. The Bertz CT molecular complexity index is 790. The second-order valence-electron chi connectivity index (χ2n) is 6.32. The number of carbonyl (C=O) groups is 1. The van der Waals surface area contributed by atoms with Gasteiger partial charge in [-0.15, -0.1) is 0 Å². The third kappa shape index (κ3) is 3.35. The minimum absolute atomic E-state index is 0.0171. The Morgan fingerprint density at radius 1 is 1.32 bits per heavy atom. The van der Waals surface area contributed by atoms with E-state index in [0.717, 1.165) is 30.5 Å². The maximum Gasteiger partial charge on any atom is 0.258 e. The summed E-state index contributed by atoms with van der Waals surface area (Å²) in [7, 11) is 0. The number of ether oxygens (including phenoxy) is 2. The van der Waals surface area contributed by atoms with Crippen molar-refractivity contribution < 1.29 is 18.7 Å². The fourth-order valence-electron chi connectivity index (χ4n) is 3.32. The summed E-state index contributed by atoms with van der Waals surface area (Å²) in [6.45, 7) is 1.85. The van der Waals surface area contributed by atoms with Crippen molar-refractivity contribution >= 4 is 11.6 Å². The predicted octanol–water partition coefficient (Wildman–Crippen LogP) is 2.98. The van der Waals surface area contributed by atoms with Gasteiger partial charge >= 0.3 is 0 Å². The summed E-state index contributed by atoms with van der Waals surface area (Å²) in [6, 6.07) is 7.92. The normalized spacial score (nSPS) is 19.6. The molecule has 1 aromatic carbocycles. The van der Waals surface area contributed by atoms with Crippen LogP contribution in [0.3, 0.4) is 0 Å². The lowest BCUT2D eigenvalue weighted by Crippen LogP contribution is -2.35. The van der Waals surface area contributed by atoms with Crippen molar-refractivity contribution in [3.8, 4) is 5.88 Å². The third-order valence-electron chi connectivity index (χ3n) is 4.56. The molecule has 0 saturated carbocycles. The van der Waals surface area contributed by atoms with Gasteiger partial charge in [0.1, 0.15) is 11.9 Å². The number of nitrogens with zero attached hydrogens (tertiary/aromatic N) is 2. The molecular weight excluding hydrogens is 323 g/mol. The van der Waals surface area contributed by atoms with Crippen LogP contribution in [0.25, 0.3) is 0 Å². The molecule has 1 fully saturated rings. The molecule has 5 nitrogen and oxygen atoms in total. The predicted molar refractivity (Wildman–Crippen MR) is 90.5 cm³/mol. The summed E-state index contributed by atoms with van der Waals surface area (Å²) in [4.78, 5) is 18.9. The lowest BCUT2D eigenvalue weighted by Gasteiger charge is -2.29. The molecule has 1 aromatic heterocycles. The van der Waals surface area contributed by atoms with Gasteiger partial charge < -0.3 is 14.4 Å². The van der Waals surface area contributed by atoms with E-state index < -0.39 is 0 Å². The highest BCUT2D eigenvalue weighted by Crippen LogP contribution is 2.29. The molecule has 0 radical (unpaired) electrons. The Morgan fingerprint density at radius 2 is 2.24 bits per heavy atom. The lowest BCUT2D eigenvalue weighted by atomic mass is 10.0. The summed E-state index contributed by atoms with van der Waals surface area (Å²) < 4.78 is 24.5. The topological polar surface area (TPSA) is 51.7 Å². The van der Waals surface area contributed by atoms with Crippen molar-refractivity contribution in [1.82, 2.24) is 4.98 Å². The number of hydrogen-bond donors (Lipinski definition) is 0. The SMILES string of the molecule is O=C(c1ccnc(OC2CCOC2)c1)N1CCCc2cc(F)ccc21. The van der Waals surface area contributed by atoms with Crippen LogP contribution in [0.4, 0.5) is 10.1 Å². The Hall–Kier alpha value is -2.47. The van der Waals surface area contributed by atoms with Crippen molar-refractivity contribution in [2.24, 2.45) is 0 Å². The van der Waals surface area contributed by atoms with Crippen molar-refractivity contribution in [1.29, 1.82) is 0 Å². The molecule has 3 heterocycles. The number of anilines is 1. The first-order valence-corrected chi connectivity index (χ1v) is 8.51. The van der Waals surface area contributed by atoms with Gasteiger partial charge in [0, 0.05) is 36.5 Å². The molecule has 6 heteroatoms. The first-order chi connectivity index (χ1) is 12.2. The highest BCUT2D eigenvalue weighted by molar-refractivity contribution is 6.06. The number of carbonyl (C=O) groups excluding carboxylic acids is 1. The molecule has 2 aromatic rings. The van der Waals surface area contributed by atoms with Gasteiger partial charge in [0.05, 0.1) is 13.2 Å². The number of benzene rings is 1. The number of amides is 1. The van der Waals surface area contributed by atoms with Gasteiger partial charge in [0.15, 0.2) is 0 Å². The number of aryl methyl sites for hydroxylation is 1. The first kappa shape index (κ1) is 16.0. The zero-order valence-corrected chi connectivity index (χ0v) is 13.8. The molecular formula is C19H19FN2O3. The van der Waals surface area contributed by atoms with Crippen molar-refractivity contribution in [2.45, 2.75) is 25.4 Å². The van der Waals surface area contributed by atoms with E-state index in [0.29, 0.717) is 31.2 Å². The summed E-state index contributed by atoms with van der Waals surface area (Å²) in [5.41, 5.74) is 2.16. The van der Waals surface area contributed by atoms with Gasteiger partial charge in [-0.25, -0.2) is 9.37 Å². The lowest BCUT2D eigenvalue weighted by molar-refractivity contribution is 0.0983. The maximum absolute atomic E-state index is 13.5. The van der Waals surface area contributed by atoms with Gasteiger partial charge in [-0.3, -0.25) is 4.79 Å². The molecule has 0 bridgehead atoms. The number of rotatable bonds is 3. The van der Waals surface area contributed by atoms with E-state index >= 15 is 0 Å². The van der Waals surface area contributed by atoms with E-state index in [1.54, 1.807) is 29.3 Å². The van der Waals surface area contributed by atoms with Crippen LogP contribution in [0, 0.1) is 5.82 Å². The Balaban J connectivity index is 1.57. The first-order valence-electron chi connectivity index (χ1n) is 8.51. The molecule has 130 valence electrons. The van der Waals surface area contributed by atoms with E-state index in [2.05, 4.69) is 4.98 Å². The molecule has 1 saturated heterocycles. The van der Waals surface area contributed by atoms with Crippen LogP contribution in [-0.4, -0.2) is 36.8 Å². The van der Waals surface area contributed by atoms with Crippen LogP contribution in [0.5, 0.6) is 5.88 Å². The minimum atomic E-state index is -0.272. The van der Waals surface area contributed by atoms with E-state index in [1.807, 2.05) is 0 Å². The Kier molecular flexibility index (Phi) is 4.36. The zero-order chi connectivity index (χ0) is 17.2. The smallest absolute Gasteiger partial charge is 0.258 e. The fraction of sp³-hybridized carbons (Fsp3) is 0.368. The van der Waals surface area contributed by atoms with Gasteiger partial charge in [-0.05, 0) is 42.7 Å². The van der Waals surface area contributed by atoms with Crippen LogP contribution in [-0.2, 0) is 11.2 Å². The van der Waals surface area contributed by atoms with Crippen LogP contribution in [0.1, 0.15) is 28.8 Å². The quantitative estimate of drug-likeness (QED) is 0.860. The molecule has 2 aliphatic heterocycles. The molecule has 2 aliphatic rings. The largest absolute Gasteiger partial charge is 0.472 e. The highest BCUT2D eigenvalue weighted by atomic mass is 19.1. The number of pyridine rings is 1. The number of aromatic nitrogens is 1. The second kappa shape index (κ2) is 6.80. The van der Waals surface area contributed by atoms with Gasteiger partial charge in [0.25, 0.3) is 5.91 Å². The molecule has 1 unspecified atom stereocenters. The fourth-order valence-corrected chi connectivity index (χ4v) is 3.32. The minimum Gasteiger partial charge on any atom is -0.472 e. The number of fused-ring (bicyclic) bond motifs is 1. The van der Waals surface area contributed by atoms with Gasteiger partial charge in [0.2, 0.25) is 5.88 Å². The zero-order valence-electron chi connectivity index (χ0n) is 13.8. The van der Waals surface area contributed by atoms with E-state index in [4.69, 9.17) is 9.47 Å². The summed E-state index contributed by atoms with van der Waals surface area (Å²) in [5.74, 6) is 0.0339. The van der Waals surface area contributed by atoms with Gasteiger partial charge in [-0.1, -0.05) is 0 Å². The van der Waals surface area contributed by atoms with Crippen LogP contribution >= 0.6 is 0 Å². The van der Waals surface area contributed by atoms with Crippen LogP contribution < -0.4 is 9.64 Å². The summed E-state index contributed by atoms with van der Waals surface area (Å²) in [5, 5.41) is 0. The number of hydrogen-bond acceptors (Lipinski definition) is 4. The van der Waals surface area contributed by atoms with E-state index in [1.165, 1.54) is 12.1 Å². The molecule has 1 amide bonds. The van der Waals surface area contributed by atoms with Crippen molar-refractivity contribution in [3.63, 3.8) is 0 Å². The molecule has 1 atom stereocenters. The maximum atomic E-state index is 13.5. The third-order valence-corrected chi connectivity index (χ3v) is 4.56. The van der Waals surface area contributed by atoms with Crippen molar-refractivity contribution in [2.75, 3.05) is 24.7 Å². The second-order valence-corrected chi connectivity index (χ2v) is 6.32. The van der Waals surface area contributed by atoms with E-state index in [-0.39, 0.29) is 17.8 Å². The number of halogens is 1. The van der Waals surface area contributed by atoms with Crippen LogP contribution in [0.15, 0.2) is 36.5 Å². The summed E-state index contributed by atoms with van der Waals surface area (Å²) >= 11 is 0. The van der Waals surface area contributed by atoms with Gasteiger partial charge in [-0.2, -0.15) is 0 Å². The van der Waals surface area contributed by atoms with Crippen LogP contribution in [0.2, 0.25) is 0 Å². The average Bonchev–Trinajstić information content (AvgIpc) is 3.13. The summed E-state index contributed by atoms with van der Waals surface area (Å²) in [6.07, 6.45) is 3.98.